The number of likely N-dealkylation sites (N-methyl/N-ethyl adjacent to an activating group) is 1. The summed E-state index contributed by atoms with van der Waals surface area (Å²) in [5, 5.41) is 7.13. The summed E-state index contributed by atoms with van der Waals surface area (Å²) in [6, 6.07) is 16.0. The summed E-state index contributed by atoms with van der Waals surface area (Å²) in [4.78, 5) is 19.6. The molecular formula is C21H25N3O2. The van der Waals surface area contributed by atoms with E-state index in [9.17, 15) is 4.79 Å². The molecule has 5 nitrogen and oxygen atoms in total. The topological polar surface area (TPSA) is 53.9 Å². The fourth-order valence-electron chi connectivity index (χ4n) is 2.92. The quantitative estimate of drug-likeness (QED) is 0.877. The molecule has 5 heteroatoms. The molecule has 0 aliphatic carbocycles. The van der Waals surface area contributed by atoms with Crippen molar-refractivity contribution in [3.05, 3.63) is 65.2 Å². The van der Waals surface area contributed by atoms with Gasteiger partial charge in [0.2, 0.25) is 0 Å². The zero-order valence-electron chi connectivity index (χ0n) is 15.5. The Morgan fingerprint density at radius 2 is 2.04 bits per heavy atom. The molecule has 1 aliphatic rings. The van der Waals surface area contributed by atoms with E-state index in [1.165, 1.54) is 11.1 Å². The number of amides is 2. The third kappa shape index (κ3) is 4.42. The van der Waals surface area contributed by atoms with Crippen LogP contribution in [0, 0.1) is 6.92 Å². The largest absolute Gasteiger partial charge is 0.390 e. The number of hydrogen-bond donors (Lipinski definition) is 1. The van der Waals surface area contributed by atoms with E-state index in [2.05, 4.69) is 54.7 Å². The Labute approximate surface area is 154 Å². The lowest BCUT2D eigenvalue weighted by atomic mass is 10.0. The smallest absolute Gasteiger partial charge is 0.321 e. The average Bonchev–Trinajstić information content (AvgIpc) is 3.11. The summed E-state index contributed by atoms with van der Waals surface area (Å²) >= 11 is 0. The van der Waals surface area contributed by atoms with Crippen LogP contribution < -0.4 is 5.32 Å². The molecule has 1 atom stereocenters. The second-order valence-corrected chi connectivity index (χ2v) is 6.70. The van der Waals surface area contributed by atoms with Crippen molar-refractivity contribution in [1.29, 1.82) is 0 Å². The van der Waals surface area contributed by atoms with Crippen molar-refractivity contribution in [2.75, 3.05) is 18.9 Å². The minimum atomic E-state index is -0.148. The maximum Gasteiger partial charge on any atom is 0.321 e. The van der Waals surface area contributed by atoms with Gasteiger partial charge in [-0.1, -0.05) is 54.0 Å². The second-order valence-electron chi connectivity index (χ2n) is 6.70. The molecule has 3 rings (SSSR count). The van der Waals surface area contributed by atoms with Crippen molar-refractivity contribution in [3.63, 3.8) is 0 Å². The normalized spacial score (nSPS) is 16.0. The van der Waals surface area contributed by atoms with Crippen LogP contribution >= 0.6 is 0 Å². The van der Waals surface area contributed by atoms with E-state index in [4.69, 9.17) is 4.84 Å². The molecule has 0 saturated heterocycles. The van der Waals surface area contributed by atoms with Crippen LogP contribution in [0.5, 0.6) is 0 Å². The molecule has 0 radical (unpaired) electrons. The molecule has 2 aromatic carbocycles. The number of aryl methyl sites for hydroxylation is 2. The SMILES string of the molecule is CCc1cccc(NC(=O)N(C)CC2CC(c3ccc(C)cc3)=NO2)c1. The minimum absolute atomic E-state index is 0.121. The number of rotatable bonds is 5. The summed E-state index contributed by atoms with van der Waals surface area (Å²) in [7, 11) is 1.77. The Bertz CT molecular complexity index is 799. The van der Waals surface area contributed by atoms with Gasteiger partial charge in [-0.2, -0.15) is 0 Å². The van der Waals surface area contributed by atoms with E-state index in [0.29, 0.717) is 13.0 Å². The third-order valence-electron chi connectivity index (χ3n) is 4.53. The molecular weight excluding hydrogens is 326 g/mol. The highest BCUT2D eigenvalue weighted by Crippen LogP contribution is 2.18. The molecule has 0 bridgehead atoms. The van der Waals surface area contributed by atoms with Gasteiger partial charge in [-0.3, -0.25) is 0 Å². The Morgan fingerprint density at radius 3 is 2.77 bits per heavy atom. The Kier molecular flexibility index (Phi) is 5.56. The van der Waals surface area contributed by atoms with Crippen molar-refractivity contribution < 1.29 is 9.63 Å². The first-order valence-corrected chi connectivity index (χ1v) is 8.96. The van der Waals surface area contributed by atoms with Gasteiger partial charge in [0.15, 0.2) is 6.10 Å². The minimum Gasteiger partial charge on any atom is -0.390 e. The van der Waals surface area contributed by atoms with Crippen molar-refractivity contribution in [2.45, 2.75) is 32.8 Å². The number of hydrogen-bond acceptors (Lipinski definition) is 3. The maximum atomic E-state index is 12.4. The van der Waals surface area contributed by atoms with Crippen LogP contribution in [0.1, 0.15) is 30.0 Å². The highest BCUT2D eigenvalue weighted by molar-refractivity contribution is 6.01. The predicted molar refractivity (Wildman–Crippen MR) is 105 cm³/mol. The first-order valence-electron chi connectivity index (χ1n) is 8.96. The lowest BCUT2D eigenvalue weighted by molar-refractivity contribution is 0.0672. The van der Waals surface area contributed by atoms with E-state index < -0.39 is 0 Å². The van der Waals surface area contributed by atoms with Crippen molar-refractivity contribution in [1.82, 2.24) is 4.90 Å². The Morgan fingerprint density at radius 1 is 1.27 bits per heavy atom. The van der Waals surface area contributed by atoms with Crippen LogP contribution in [-0.4, -0.2) is 36.3 Å². The lowest BCUT2D eigenvalue weighted by Crippen LogP contribution is -2.37. The zero-order valence-corrected chi connectivity index (χ0v) is 15.5. The fourth-order valence-corrected chi connectivity index (χ4v) is 2.92. The van der Waals surface area contributed by atoms with Gasteiger partial charge in [0.1, 0.15) is 0 Å². The van der Waals surface area contributed by atoms with Gasteiger partial charge in [-0.15, -0.1) is 0 Å². The summed E-state index contributed by atoms with van der Waals surface area (Å²) in [5.74, 6) is 0. The third-order valence-corrected chi connectivity index (χ3v) is 4.53. The molecule has 136 valence electrons. The van der Waals surface area contributed by atoms with Crippen molar-refractivity contribution >= 4 is 17.4 Å². The van der Waals surface area contributed by atoms with E-state index in [1.807, 2.05) is 18.2 Å². The van der Waals surface area contributed by atoms with Gasteiger partial charge < -0.3 is 15.1 Å². The molecule has 0 spiro atoms. The summed E-state index contributed by atoms with van der Waals surface area (Å²) in [6.45, 7) is 4.64. The number of oxime groups is 1. The number of anilines is 1. The first kappa shape index (κ1) is 18.0. The van der Waals surface area contributed by atoms with E-state index in [1.54, 1.807) is 11.9 Å². The predicted octanol–water partition coefficient (Wildman–Crippen LogP) is 4.21. The summed E-state index contributed by atoms with van der Waals surface area (Å²) in [6.07, 6.45) is 1.52. The number of urea groups is 1. The molecule has 0 fully saturated rings. The molecule has 2 amide bonds. The summed E-state index contributed by atoms with van der Waals surface area (Å²) in [5.41, 5.74) is 5.22. The summed E-state index contributed by atoms with van der Waals surface area (Å²) < 4.78 is 0. The van der Waals surface area contributed by atoms with Gasteiger partial charge in [-0.05, 0) is 36.6 Å². The highest BCUT2D eigenvalue weighted by Gasteiger charge is 2.25. The molecule has 26 heavy (non-hydrogen) atoms. The van der Waals surface area contributed by atoms with Gasteiger partial charge in [-0.25, -0.2) is 4.79 Å². The number of carbonyl (C=O) groups is 1. The maximum absolute atomic E-state index is 12.4. The van der Waals surface area contributed by atoms with E-state index >= 15 is 0 Å². The lowest BCUT2D eigenvalue weighted by Gasteiger charge is -2.20. The van der Waals surface area contributed by atoms with Gasteiger partial charge in [0, 0.05) is 19.2 Å². The second kappa shape index (κ2) is 8.04. The Hall–Kier alpha value is -2.82. The number of nitrogens with zero attached hydrogens (tertiary/aromatic N) is 2. The van der Waals surface area contributed by atoms with E-state index in [0.717, 1.165) is 23.4 Å². The van der Waals surface area contributed by atoms with Gasteiger partial charge >= 0.3 is 6.03 Å². The van der Waals surface area contributed by atoms with Crippen LogP contribution in [0.15, 0.2) is 53.7 Å². The van der Waals surface area contributed by atoms with Crippen molar-refractivity contribution in [3.8, 4) is 0 Å². The molecule has 2 aromatic rings. The molecule has 1 unspecified atom stereocenters. The number of carbonyl (C=O) groups excluding carboxylic acids is 1. The van der Waals surface area contributed by atoms with Crippen LogP contribution in [0.2, 0.25) is 0 Å². The fraction of sp³-hybridized carbons (Fsp3) is 0.333. The Balaban J connectivity index is 1.53. The average molecular weight is 351 g/mol. The number of benzene rings is 2. The van der Waals surface area contributed by atoms with Crippen LogP contribution in [0.25, 0.3) is 0 Å². The standard InChI is InChI=1S/C21H25N3O2/c1-4-16-6-5-7-18(12-16)22-21(25)24(3)14-19-13-20(23-26-19)17-10-8-15(2)9-11-17/h5-12,19H,4,13-14H2,1-3H3,(H,22,25). The van der Waals surface area contributed by atoms with Crippen molar-refractivity contribution in [2.24, 2.45) is 5.16 Å². The molecule has 1 N–H and O–H groups in total. The van der Waals surface area contributed by atoms with Gasteiger partial charge in [0.05, 0.1) is 12.3 Å². The zero-order chi connectivity index (χ0) is 18.5. The molecule has 0 saturated carbocycles. The number of nitrogens with one attached hydrogen (secondary N) is 1. The molecule has 1 aliphatic heterocycles. The monoisotopic (exact) mass is 351 g/mol. The van der Waals surface area contributed by atoms with Crippen LogP contribution in [-0.2, 0) is 11.3 Å². The highest BCUT2D eigenvalue weighted by atomic mass is 16.6. The van der Waals surface area contributed by atoms with E-state index in [-0.39, 0.29) is 12.1 Å². The first-order chi connectivity index (χ1) is 12.5. The molecule has 0 aromatic heterocycles. The van der Waals surface area contributed by atoms with Gasteiger partial charge in [0.25, 0.3) is 0 Å². The van der Waals surface area contributed by atoms with Crippen LogP contribution in [0.3, 0.4) is 0 Å². The molecule has 1 heterocycles. The van der Waals surface area contributed by atoms with Crippen LogP contribution in [0.4, 0.5) is 10.5 Å².